The van der Waals surface area contributed by atoms with E-state index in [1.165, 1.54) is 31.7 Å². The molecule has 0 radical (unpaired) electrons. The highest BCUT2D eigenvalue weighted by Crippen LogP contribution is 2.40. The van der Waals surface area contributed by atoms with Crippen molar-refractivity contribution in [3.63, 3.8) is 0 Å². The number of hydrogen-bond donors (Lipinski definition) is 1. The molecular formula is C21H23F3N4O. The van der Waals surface area contributed by atoms with Gasteiger partial charge in [-0.3, -0.25) is 9.67 Å². The molecule has 2 aromatic heterocycles. The van der Waals surface area contributed by atoms with E-state index in [9.17, 15) is 13.2 Å². The van der Waals surface area contributed by atoms with Crippen LogP contribution < -0.4 is 10.1 Å². The lowest BCUT2D eigenvalue weighted by atomic mass is 9.88. The van der Waals surface area contributed by atoms with Crippen LogP contribution in [0.25, 0.3) is 0 Å². The quantitative estimate of drug-likeness (QED) is 0.780. The number of methoxy groups -OCH3 is 1. The first kappa shape index (κ1) is 19.5. The fraction of sp³-hybridized carbons (Fsp3) is 0.429. The van der Waals surface area contributed by atoms with E-state index in [1.54, 1.807) is 16.8 Å². The van der Waals surface area contributed by atoms with Crippen LogP contribution in [-0.4, -0.2) is 33.6 Å². The lowest BCUT2D eigenvalue weighted by Crippen LogP contribution is -2.56. The van der Waals surface area contributed by atoms with E-state index < -0.39 is 11.7 Å². The zero-order valence-corrected chi connectivity index (χ0v) is 16.3. The average molecular weight is 404 g/mol. The number of alkyl halides is 3. The summed E-state index contributed by atoms with van der Waals surface area (Å²) in [5.41, 5.74) is -0.0917. The van der Waals surface area contributed by atoms with Crippen molar-refractivity contribution in [1.82, 2.24) is 20.1 Å². The van der Waals surface area contributed by atoms with Crippen molar-refractivity contribution in [2.24, 2.45) is 0 Å². The van der Waals surface area contributed by atoms with E-state index in [-0.39, 0.29) is 12.5 Å². The second kappa shape index (κ2) is 7.24. The topological polar surface area (TPSA) is 52.0 Å². The van der Waals surface area contributed by atoms with Gasteiger partial charge in [-0.1, -0.05) is 6.08 Å². The van der Waals surface area contributed by atoms with Crippen molar-refractivity contribution in [3.05, 3.63) is 65.9 Å². The Labute approximate surface area is 167 Å². The van der Waals surface area contributed by atoms with E-state index in [1.807, 2.05) is 19.2 Å². The van der Waals surface area contributed by atoms with Gasteiger partial charge in [-0.2, -0.15) is 18.3 Å². The summed E-state index contributed by atoms with van der Waals surface area (Å²) in [6, 6.07) is 4.98. The third-order valence-electron chi connectivity index (χ3n) is 5.56. The lowest BCUT2D eigenvalue weighted by molar-refractivity contribution is -0.179. The van der Waals surface area contributed by atoms with E-state index >= 15 is 0 Å². The maximum Gasteiger partial charge on any atom is 0.415 e. The zero-order chi connectivity index (χ0) is 20.6. The summed E-state index contributed by atoms with van der Waals surface area (Å²) in [6.07, 6.45) is 4.99. The minimum Gasteiger partial charge on any atom is -0.495 e. The number of rotatable bonds is 6. The van der Waals surface area contributed by atoms with Crippen LogP contribution in [-0.2, 0) is 6.42 Å². The molecule has 2 atom stereocenters. The number of halogens is 3. The van der Waals surface area contributed by atoms with Crippen molar-refractivity contribution >= 4 is 0 Å². The van der Waals surface area contributed by atoms with Crippen LogP contribution in [0, 0.1) is 0 Å². The molecule has 1 N–H and O–H groups in total. The SMILES string of the molecule is COc1ccc(CC2(C(F)(F)F)C=CC(C(C)n3ccc(C4CC4)n3)=CN2)nc1. The molecule has 0 amide bonds. The summed E-state index contributed by atoms with van der Waals surface area (Å²) in [5.74, 6) is 1.04. The van der Waals surface area contributed by atoms with E-state index in [0.29, 0.717) is 17.4 Å². The van der Waals surface area contributed by atoms with Crippen LogP contribution in [0.2, 0.25) is 0 Å². The van der Waals surface area contributed by atoms with Gasteiger partial charge >= 0.3 is 6.18 Å². The Morgan fingerprint density at radius 3 is 2.66 bits per heavy atom. The molecule has 1 saturated carbocycles. The van der Waals surface area contributed by atoms with Crippen molar-refractivity contribution in [1.29, 1.82) is 0 Å². The van der Waals surface area contributed by atoms with Crippen LogP contribution in [0.1, 0.15) is 43.1 Å². The molecule has 1 fully saturated rings. The fourth-order valence-corrected chi connectivity index (χ4v) is 3.43. The number of nitrogens with one attached hydrogen (secondary N) is 1. The maximum atomic E-state index is 14.0. The Hall–Kier alpha value is -2.77. The van der Waals surface area contributed by atoms with E-state index in [0.717, 1.165) is 24.1 Å². The first-order valence-electron chi connectivity index (χ1n) is 9.59. The molecule has 0 saturated heterocycles. The molecule has 29 heavy (non-hydrogen) atoms. The molecule has 1 aliphatic heterocycles. The zero-order valence-electron chi connectivity index (χ0n) is 16.3. The van der Waals surface area contributed by atoms with Gasteiger partial charge in [-0.25, -0.2) is 0 Å². The minimum absolute atomic E-state index is 0.170. The summed E-state index contributed by atoms with van der Waals surface area (Å²) in [6.45, 7) is 1.92. The Morgan fingerprint density at radius 1 is 1.31 bits per heavy atom. The smallest absolute Gasteiger partial charge is 0.415 e. The van der Waals surface area contributed by atoms with E-state index in [4.69, 9.17) is 4.74 Å². The van der Waals surface area contributed by atoms with Crippen molar-refractivity contribution in [3.8, 4) is 5.75 Å². The molecule has 4 rings (SSSR count). The largest absolute Gasteiger partial charge is 0.495 e. The number of dihydropyridines is 1. The van der Waals surface area contributed by atoms with Crippen LogP contribution in [0.5, 0.6) is 5.75 Å². The summed E-state index contributed by atoms with van der Waals surface area (Å²) < 4.78 is 48.7. The molecule has 2 unspecified atom stereocenters. The number of nitrogens with zero attached hydrogens (tertiary/aromatic N) is 3. The van der Waals surface area contributed by atoms with Gasteiger partial charge in [0.1, 0.15) is 5.75 Å². The molecule has 0 spiro atoms. The third kappa shape index (κ3) is 3.88. The summed E-state index contributed by atoms with van der Waals surface area (Å²) >= 11 is 0. The molecular weight excluding hydrogens is 381 g/mol. The Morgan fingerprint density at radius 2 is 2.10 bits per heavy atom. The van der Waals surface area contributed by atoms with Crippen LogP contribution in [0.3, 0.4) is 0 Å². The van der Waals surface area contributed by atoms with Gasteiger partial charge in [-0.15, -0.1) is 0 Å². The molecule has 3 heterocycles. The summed E-state index contributed by atoms with van der Waals surface area (Å²) in [5, 5.41) is 7.19. The summed E-state index contributed by atoms with van der Waals surface area (Å²) in [7, 11) is 1.49. The number of aromatic nitrogens is 3. The fourth-order valence-electron chi connectivity index (χ4n) is 3.43. The average Bonchev–Trinajstić information content (AvgIpc) is 3.44. The monoisotopic (exact) mass is 404 g/mol. The first-order valence-corrected chi connectivity index (χ1v) is 9.59. The summed E-state index contributed by atoms with van der Waals surface area (Å²) in [4.78, 5) is 4.10. The second-order valence-electron chi connectivity index (χ2n) is 7.63. The van der Waals surface area contributed by atoms with Gasteiger partial charge in [0.15, 0.2) is 5.54 Å². The van der Waals surface area contributed by atoms with Gasteiger partial charge in [0.2, 0.25) is 0 Å². The van der Waals surface area contributed by atoms with Gasteiger partial charge < -0.3 is 10.1 Å². The minimum atomic E-state index is -4.48. The third-order valence-corrected chi connectivity index (χ3v) is 5.56. The Bertz CT molecular complexity index is 928. The van der Waals surface area contributed by atoms with Crippen molar-refractivity contribution < 1.29 is 17.9 Å². The molecule has 8 heteroatoms. The van der Waals surface area contributed by atoms with Crippen molar-refractivity contribution in [2.75, 3.05) is 7.11 Å². The molecule has 5 nitrogen and oxygen atoms in total. The van der Waals surface area contributed by atoms with Crippen molar-refractivity contribution in [2.45, 2.75) is 49.9 Å². The normalized spacial score (nSPS) is 22.7. The highest BCUT2D eigenvalue weighted by atomic mass is 19.4. The molecule has 0 bridgehead atoms. The van der Waals surface area contributed by atoms with Gasteiger partial charge in [0.05, 0.1) is 25.0 Å². The molecule has 154 valence electrons. The highest BCUT2D eigenvalue weighted by Gasteiger charge is 2.53. The van der Waals surface area contributed by atoms with Gasteiger partial charge in [-0.05, 0) is 49.6 Å². The Balaban J connectivity index is 1.53. The molecule has 0 aromatic carbocycles. The van der Waals surface area contributed by atoms with Crippen LogP contribution in [0.15, 0.2) is 54.5 Å². The standard InChI is InChI=1S/C21H23F3N4O/c1-14(28-10-8-19(27-28)15-3-4-15)16-7-9-20(26-12-16,21(22,23)24)11-17-5-6-18(29-2)13-25-17/h5-10,12-15,26H,3-4,11H2,1-2H3. The van der Waals surface area contributed by atoms with Crippen LogP contribution in [0.4, 0.5) is 13.2 Å². The number of pyridine rings is 1. The Kier molecular flexibility index (Phi) is 4.88. The number of allylic oxidation sites excluding steroid dienone is 2. The predicted molar refractivity (Wildman–Crippen MR) is 103 cm³/mol. The van der Waals surface area contributed by atoms with Crippen LogP contribution >= 0.6 is 0 Å². The molecule has 2 aliphatic rings. The number of hydrogen-bond acceptors (Lipinski definition) is 4. The maximum absolute atomic E-state index is 14.0. The van der Waals surface area contributed by atoms with Gasteiger partial charge in [0, 0.05) is 30.4 Å². The molecule has 1 aliphatic carbocycles. The number of ether oxygens (including phenoxy) is 1. The highest BCUT2D eigenvalue weighted by molar-refractivity contribution is 5.34. The predicted octanol–water partition coefficient (Wildman–Crippen LogP) is 4.31. The molecule has 2 aromatic rings. The second-order valence-corrected chi connectivity index (χ2v) is 7.63. The first-order chi connectivity index (χ1) is 13.8. The van der Waals surface area contributed by atoms with E-state index in [2.05, 4.69) is 15.4 Å². The lowest BCUT2D eigenvalue weighted by Gasteiger charge is -2.36. The van der Waals surface area contributed by atoms with Gasteiger partial charge in [0.25, 0.3) is 0 Å².